The summed E-state index contributed by atoms with van der Waals surface area (Å²) >= 11 is 0. The first-order chi connectivity index (χ1) is 7.66. The van der Waals surface area contributed by atoms with Gasteiger partial charge < -0.3 is 25.5 Å². The molecule has 5 N–H and O–H groups in total. The number of aliphatic hydroxyl groups is 5. The Hall–Kier alpha value is -0.530. The van der Waals surface area contributed by atoms with Gasteiger partial charge in [-0.15, -0.1) is 0 Å². The molecule has 0 heterocycles. The van der Waals surface area contributed by atoms with Crippen molar-refractivity contribution in [3.05, 3.63) is 0 Å². The molecule has 6 nitrogen and oxygen atoms in total. The molecule has 0 rings (SSSR count). The fourth-order valence-corrected chi connectivity index (χ4v) is 0.909. The molecule has 17 heavy (non-hydrogen) atoms. The van der Waals surface area contributed by atoms with Crippen molar-refractivity contribution in [3.63, 3.8) is 0 Å². The smallest absolute Gasteiger partial charge is 0.132 e. The maximum atomic E-state index is 10.3. The average molecular weight is 252 g/mol. The van der Waals surface area contributed by atoms with E-state index in [0.717, 1.165) is 0 Å². The van der Waals surface area contributed by atoms with Crippen LogP contribution in [0.25, 0.3) is 0 Å². The Morgan fingerprint density at radius 1 is 0.941 bits per heavy atom. The molecule has 0 amide bonds. The van der Waals surface area contributed by atoms with Crippen LogP contribution in [-0.4, -0.2) is 63.3 Å². The lowest BCUT2D eigenvalue weighted by Gasteiger charge is -2.23. The van der Waals surface area contributed by atoms with E-state index in [-0.39, 0.29) is 12.2 Å². The van der Waals surface area contributed by atoms with Gasteiger partial charge in [-0.3, -0.25) is 4.79 Å². The van der Waals surface area contributed by atoms with Crippen LogP contribution in [0.15, 0.2) is 0 Å². The zero-order valence-electron chi connectivity index (χ0n) is 10.7. The SMILES string of the molecule is CC(=O)CC(C)(C)O.OCC(CO)(CO)CO. The van der Waals surface area contributed by atoms with Gasteiger partial charge in [0.25, 0.3) is 0 Å². The van der Waals surface area contributed by atoms with Gasteiger partial charge in [0, 0.05) is 6.42 Å². The highest BCUT2D eigenvalue weighted by molar-refractivity contribution is 5.76. The Morgan fingerprint density at radius 3 is 1.24 bits per heavy atom. The van der Waals surface area contributed by atoms with E-state index in [2.05, 4.69) is 0 Å². The molecule has 104 valence electrons. The van der Waals surface area contributed by atoms with Crippen LogP contribution in [0.3, 0.4) is 0 Å². The first-order valence-electron chi connectivity index (χ1n) is 5.31. The predicted molar refractivity (Wildman–Crippen MR) is 62.4 cm³/mol. The van der Waals surface area contributed by atoms with E-state index >= 15 is 0 Å². The summed E-state index contributed by atoms with van der Waals surface area (Å²) in [7, 11) is 0. The third-order valence-corrected chi connectivity index (χ3v) is 2.02. The second-order valence-electron chi connectivity index (χ2n) is 4.82. The summed E-state index contributed by atoms with van der Waals surface area (Å²) in [5.41, 5.74) is -1.94. The Bertz CT molecular complexity index is 187. The third kappa shape index (κ3) is 10.3. The highest BCUT2D eigenvalue weighted by atomic mass is 16.3. The largest absolute Gasteiger partial charge is 0.396 e. The van der Waals surface area contributed by atoms with E-state index in [1.807, 2.05) is 0 Å². The Kier molecular flexibility index (Phi) is 9.46. The van der Waals surface area contributed by atoms with Crippen molar-refractivity contribution in [2.75, 3.05) is 26.4 Å². The molecule has 0 aromatic heterocycles. The molecule has 6 heteroatoms. The summed E-state index contributed by atoms with van der Waals surface area (Å²) in [6, 6.07) is 0. The Labute approximate surface area is 102 Å². The number of ketones is 1. The van der Waals surface area contributed by atoms with E-state index in [1.54, 1.807) is 13.8 Å². The number of aliphatic hydroxyl groups excluding tert-OH is 4. The number of Topliss-reactive ketones (excluding diaryl/α,β-unsaturated/α-hetero) is 1. The van der Waals surface area contributed by atoms with Crippen LogP contribution in [0.5, 0.6) is 0 Å². The maximum absolute atomic E-state index is 10.3. The summed E-state index contributed by atoms with van der Waals surface area (Å²) in [6.45, 7) is 3.08. The van der Waals surface area contributed by atoms with E-state index in [1.165, 1.54) is 6.92 Å². The Balaban J connectivity index is 0. The van der Waals surface area contributed by atoms with Crippen LogP contribution >= 0.6 is 0 Å². The minimum absolute atomic E-state index is 0.0255. The van der Waals surface area contributed by atoms with Crippen molar-refractivity contribution >= 4 is 5.78 Å². The monoisotopic (exact) mass is 252 g/mol. The van der Waals surface area contributed by atoms with Gasteiger partial charge in [-0.05, 0) is 20.8 Å². The summed E-state index contributed by atoms with van der Waals surface area (Å²) in [4.78, 5) is 10.3. The van der Waals surface area contributed by atoms with Crippen LogP contribution in [-0.2, 0) is 4.79 Å². The third-order valence-electron chi connectivity index (χ3n) is 2.02. The number of rotatable bonds is 6. The lowest BCUT2D eigenvalue weighted by molar-refractivity contribution is -0.120. The Morgan fingerprint density at radius 2 is 1.24 bits per heavy atom. The number of carbonyl (C=O) groups excluding carboxylic acids is 1. The molecule has 0 fully saturated rings. The molecule has 0 radical (unpaired) electrons. The summed E-state index contributed by atoms with van der Waals surface area (Å²) in [5, 5.41) is 43.0. The zero-order valence-corrected chi connectivity index (χ0v) is 10.7. The fraction of sp³-hybridized carbons (Fsp3) is 0.909. The first-order valence-corrected chi connectivity index (χ1v) is 5.31. The topological polar surface area (TPSA) is 118 Å². The van der Waals surface area contributed by atoms with Gasteiger partial charge in [0.2, 0.25) is 0 Å². The van der Waals surface area contributed by atoms with Crippen molar-refractivity contribution in [2.45, 2.75) is 32.8 Å². The highest BCUT2D eigenvalue weighted by Gasteiger charge is 2.26. The van der Waals surface area contributed by atoms with Gasteiger partial charge in [-0.2, -0.15) is 0 Å². The van der Waals surface area contributed by atoms with Gasteiger partial charge in [-0.25, -0.2) is 0 Å². The van der Waals surface area contributed by atoms with E-state index in [9.17, 15) is 4.79 Å². The summed E-state index contributed by atoms with van der Waals surface area (Å²) < 4.78 is 0. The molecule has 0 aromatic rings. The summed E-state index contributed by atoms with van der Waals surface area (Å²) in [6.07, 6.45) is 0.243. The van der Waals surface area contributed by atoms with Crippen molar-refractivity contribution in [1.82, 2.24) is 0 Å². The molecule has 0 unspecified atom stereocenters. The second kappa shape index (κ2) is 8.54. The quantitative estimate of drug-likeness (QED) is 0.400. The molecule has 0 saturated heterocycles. The molecule has 0 aliphatic carbocycles. The zero-order chi connectivity index (χ0) is 14.1. The van der Waals surface area contributed by atoms with Crippen LogP contribution in [0.2, 0.25) is 0 Å². The second-order valence-corrected chi connectivity index (χ2v) is 4.82. The van der Waals surface area contributed by atoms with E-state index in [4.69, 9.17) is 25.5 Å². The van der Waals surface area contributed by atoms with Crippen molar-refractivity contribution in [1.29, 1.82) is 0 Å². The molecule has 0 aromatic carbocycles. The molecule has 0 aliphatic rings. The van der Waals surface area contributed by atoms with Crippen LogP contribution in [0.1, 0.15) is 27.2 Å². The summed E-state index contributed by atoms with van der Waals surface area (Å²) in [5.74, 6) is 0.0255. The van der Waals surface area contributed by atoms with Crippen molar-refractivity contribution < 1.29 is 30.3 Å². The molecule has 0 aliphatic heterocycles. The number of hydrogen-bond donors (Lipinski definition) is 5. The minimum atomic E-state index is -1.11. The normalized spacial score (nSPS) is 11.8. The van der Waals surface area contributed by atoms with Crippen LogP contribution in [0.4, 0.5) is 0 Å². The lowest BCUT2D eigenvalue weighted by atomic mass is 9.93. The van der Waals surface area contributed by atoms with Gasteiger partial charge in [-0.1, -0.05) is 0 Å². The lowest BCUT2D eigenvalue weighted by Crippen LogP contribution is -2.37. The van der Waals surface area contributed by atoms with Gasteiger partial charge >= 0.3 is 0 Å². The molecular formula is C11H24O6. The highest BCUT2D eigenvalue weighted by Crippen LogP contribution is 2.11. The standard InChI is InChI=1S/C6H12O2.C5H12O4/c1-5(7)4-6(2,3)8;6-1-5(2-7,3-8)4-9/h8H,4H2,1-3H3;6-9H,1-4H2. The molecule has 0 spiro atoms. The van der Waals surface area contributed by atoms with Crippen molar-refractivity contribution in [3.8, 4) is 0 Å². The van der Waals surface area contributed by atoms with E-state index in [0.29, 0.717) is 0 Å². The fourth-order valence-electron chi connectivity index (χ4n) is 0.909. The number of hydrogen-bond acceptors (Lipinski definition) is 6. The first kappa shape index (κ1) is 18.8. The van der Waals surface area contributed by atoms with E-state index < -0.39 is 37.4 Å². The predicted octanol–water partition coefficient (Wildman–Crippen LogP) is -1.32. The van der Waals surface area contributed by atoms with Gasteiger partial charge in [0.05, 0.1) is 37.4 Å². The maximum Gasteiger partial charge on any atom is 0.132 e. The minimum Gasteiger partial charge on any atom is -0.396 e. The number of carbonyl (C=O) groups is 1. The van der Waals surface area contributed by atoms with Crippen LogP contribution in [0, 0.1) is 5.41 Å². The molecular weight excluding hydrogens is 228 g/mol. The van der Waals surface area contributed by atoms with Gasteiger partial charge in [0.15, 0.2) is 0 Å². The van der Waals surface area contributed by atoms with Gasteiger partial charge in [0.1, 0.15) is 5.78 Å². The molecule has 0 saturated carbocycles. The average Bonchev–Trinajstić information content (AvgIpc) is 2.19. The molecule has 0 atom stereocenters. The van der Waals surface area contributed by atoms with Crippen molar-refractivity contribution in [2.24, 2.45) is 5.41 Å². The van der Waals surface area contributed by atoms with Crippen LogP contribution < -0.4 is 0 Å². The molecule has 0 bridgehead atoms.